The minimum atomic E-state index is -0.483. The van der Waals surface area contributed by atoms with Crippen LogP contribution in [0.4, 0.5) is 10.3 Å². The van der Waals surface area contributed by atoms with Gasteiger partial charge in [0.05, 0.1) is 37.2 Å². The van der Waals surface area contributed by atoms with E-state index in [9.17, 15) is 9.18 Å². The van der Waals surface area contributed by atoms with Gasteiger partial charge in [0.1, 0.15) is 5.76 Å². The molecule has 7 nitrogen and oxygen atoms in total. The molecule has 3 atom stereocenters. The molecule has 0 bridgehead atoms. The molecule has 1 N–H and O–H groups in total. The van der Waals surface area contributed by atoms with Gasteiger partial charge in [-0.25, -0.2) is 14.4 Å². The second-order valence-electron chi connectivity index (χ2n) is 6.37. The number of halogens is 1. The van der Waals surface area contributed by atoms with E-state index < -0.39 is 5.82 Å². The molecule has 2 aliphatic rings. The van der Waals surface area contributed by atoms with Crippen molar-refractivity contribution in [2.24, 2.45) is 11.8 Å². The molecule has 4 heterocycles. The maximum atomic E-state index is 13.1. The summed E-state index contributed by atoms with van der Waals surface area (Å²) in [6, 6.07) is 3.61. The molecule has 0 aliphatic carbocycles. The first kappa shape index (κ1) is 16.0. The third kappa shape index (κ3) is 3.34. The lowest BCUT2D eigenvalue weighted by Crippen LogP contribution is -2.53. The molecule has 8 heteroatoms. The third-order valence-electron chi connectivity index (χ3n) is 4.84. The van der Waals surface area contributed by atoms with Crippen molar-refractivity contribution in [1.82, 2.24) is 15.3 Å². The van der Waals surface area contributed by atoms with E-state index in [4.69, 9.17) is 9.15 Å². The highest BCUT2D eigenvalue weighted by Crippen LogP contribution is 2.35. The summed E-state index contributed by atoms with van der Waals surface area (Å²) in [6.07, 6.45) is 4.67. The Balaban J connectivity index is 1.48. The number of piperidine rings is 1. The van der Waals surface area contributed by atoms with Crippen LogP contribution in [-0.2, 0) is 16.1 Å². The van der Waals surface area contributed by atoms with Crippen molar-refractivity contribution in [3.05, 3.63) is 42.4 Å². The zero-order valence-corrected chi connectivity index (χ0v) is 13.6. The summed E-state index contributed by atoms with van der Waals surface area (Å²) in [6.45, 7) is 2.10. The summed E-state index contributed by atoms with van der Waals surface area (Å²) in [5, 5.41) is 2.93. The van der Waals surface area contributed by atoms with Crippen molar-refractivity contribution in [1.29, 1.82) is 0 Å². The maximum Gasteiger partial charge on any atom is 0.225 e. The first-order valence-electron chi connectivity index (χ1n) is 8.35. The normalized spacial score (nSPS) is 25.6. The average molecular weight is 346 g/mol. The fourth-order valence-corrected chi connectivity index (χ4v) is 3.61. The molecule has 0 radical (unpaired) electrons. The van der Waals surface area contributed by atoms with Crippen LogP contribution in [0.5, 0.6) is 0 Å². The number of carbonyl (C=O) groups is 1. The van der Waals surface area contributed by atoms with Gasteiger partial charge in [0.15, 0.2) is 5.82 Å². The largest absolute Gasteiger partial charge is 0.467 e. The minimum absolute atomic E-state index is 0.0382. The highest BCUT2D eigenvalue weighted by molar-refractivity contribution is 5.80. The Kier molecular flexibility index (Phi) is 4.35. The maximum absolute atomic E-state index is 13.1. The Morgan fingerprint density at radius 2 is 2.20 bits per heavy atom. The van der Waals surface area contributed by atoms with Gasteiger partial charge in [-0.1, -0.05) is 0 Å². The zero-order chi connectivity index (χ0) is 17.2. The van der Waals surface area contributed by atoms with E-state index in [1.165, 1.54) is 0 Å². The number of fused-ring (bicyclic) bond motifs is 1. The van der Waals surface area contributed by atoms with Gasteiger partial charge in [0, 0.05) is 25.6 Å². The summed E-state index contributed by atoms with van der Waals surface area (Å²) in [7, 11) is 0. The van der Waals surface area contributed by atoms with Crippen LogP contribution < -0.4 is 10.2 Å². The lowest BCUT2D eigenvalue weighted by Gasteiger charge is -2.39. The van der Waals surface area contributed by atoms with E-state index in [1.54, 1.807) is 12.3 Å². The van der Waals surface area contributed by atoms with Crippen LogP contribution in [0.25, 0.3) is 0 Å². The van der Waals surface area contributed by atoms with Gasteiger partial charge in [-0.05, 0) is 18.6 Å². The highest BCUT2D eigenvalue weighted by atomic mass is 19.1. The van der Waals surface area contributed by atoms with Crippen LogP contribution in [-0.4, -0.2) is 41.7 Å². The quantitative estimate of drug-likeness (QED) is 0.901. The van der Waals surface area contributed by atoms with Crippen LogP contribution in [0.3, 0.4) is 0 Å². The monoisotopic (exact) mass is 346 g/mol. The summed E-state index contributed by atoms with van der Waals surface area (Å²) >= 11 is 0. The first-order valence-corrected chi connectivity index (χ1v) is 8.35. The number of carbonyl (C=O) groups excluding carboxylic acids is 1. The molecule has 0 saturated carbocycles. The second-order valence-corrected chi connectivity index (χ2v) is 6.37. The number of hydrogen-bond acceptors (Lipinski definition) is 6. The van der Waals surface area contributed by atoms with Crippen molar-refractivity contribution < 1.29 is 18.3 Å². The third-order valence-corrected chi connectivity index (χ3v) is 4.84. The van der Waals surface area contributed by atoms with Gasteiger partial charge in [-0.3, -0.25) is 4.79 Å². The molecular weight excluding hydrogens is 327 g/mol. The SMILES string of the molecule is O=C(NCc1ccco1)[C@@H]1CN(c2ncc(F)cn2)C[C@H]2OCC[C@H]21. The van der Waals surface area contributed by atoms with E-state index in [2.05, 4.69) is 15.3 Å². The highest BCUT2D eigenvalue weighted by Gasteiger charge is 2.44. The molecule has 0 unspecified atom stereocenters. The van der Waals surface area contributed by atoms with Gasteiger partial charge in [-0.2, -0.15) is 0 Å². The Labute approximate surface area is 144 Å². The predicted octanol–water partition coefficient (Wildman–Crippen LogP) is 1.37. The number of nitrogens with one attached hydrogen (secondary N) is 1. The minimum Gasteiger partial charge on any atom is -0.467 e. The molecule has 2 aromatic rings. The number of rotatable bonds is 4. The van der Waals surface area contributed by atoms with E-state index in [0.29, 0.717) is 37.9 Å². The molecule has 2 aliphatic heterocycles. The Hall–Kier alpha value is -2.48. The molecular formula is C17H19FN4O3. The number of aromatic nitrogens is 2. The Morgan fingerprint density at radius 3 is 2.96 bits per heavy atom. The van der Waals surface area contributed by atoms with Gasteiger partial charge in [-0.15, -0.1) is 0 Å². The lowest BCUT2D eigenvalue weighted by atomic mass is 9.82. The summed E-state index contributed by atoms with van der Waals surface area (Å²) in [5.41, 5.74) is 0. The zero-order valence-electron chi connectivity index (χ0n) is 13.6. The molecule has 1 amide bonds. The molecule has 25 heavy (non-hydrogen) atoms. The number of anilines is 1. The van der Waals surface area contributed by atoms with Crippen LogP contribution in [0.1, 0.15) is 12.2 Å². The number of hydrogen-bond donors (Lipinski definition) is 1. The second kappa shape index (κ2) is 6.79. The summed E-state index contributed by atoms with van der Waals surface area (Å²) in [5.74, 6) is 0.548. The van der Waals surface area contributed by atoms with Gasteiger partial charge in [0.2, 0.25) is 11.9 Å². The molecule has 4 rings (SSSR count). The van der Waals surface area contributed by atoms with E-state index in [-0.39, 0.29) is 23.8 Å². The Morgan fingerprint density at radius 1 is 1.36 bits per heavy atom. The lowest BCUT2D eigenvalue weighted by molar-refractivity contribution is -0.128. The average Bonchev–Trinajstić information content (AvgIpc) is 3.30. The van der Waals surface area contributed by atoms with Crippen molar-refractivity contribution >= 4 is 11.9 Å². The van der Waals surface area contributed by atoms with Crippen LogP contribution in [0.2, 0.25) is 0 Å². The van der Waals surface area contributed by atoms with Gasteiger partial charge in [0.25, 0.3) is 0 Å². The molecule has 2 aromatic heterocycles. The van der Waals surface area contributed by atoms with E-state index in [1.807, 2.05) is 11.0 Å². The first-order chi connectivity index (χ1) is 12.2. The fourth-order valence-electron chi connectivity index (χ4n) is 3.61. The molecule has 2 saturated heterocycles. The molecule has 2 fully saturated rings. The Bertz CT molecular complexity index is 722. The molecule has 0 spiro atoms. The molecule has 0 aromatic carbocycles. The van der Waals surface area contributed by atoms with Crippen LogP contribution in [0, 0.1) is 17.7 Å². The van der Waals surface area contributed by atoms with Gasteiger partial charge >= 0.3 is 0 Å². The van der Waals surface area contributed by atoms with Crippen molar-refractivity contribution in [3.8, 4) is 0 Å². The number of nitrogens with zero attached hydrogens (tertiary/aromatic N) is 3. The van der Waals surface area contributed by atoms with Crippen molar-refractivity contribution in [2.75, 3.05) is 24.6 Å². The fraction of sp³-hybridized carbons (Fsp3) is 0.471. The summed E-state index contributed by atoms with van der Waals surface area (Å²) in [4.78, 5) is 22.7. The predicted molar refractivity (Wildman–Crippen MR) is 86.1 cm³/mol. The van der Waals surface area contributed by atoms with Crippen LogP contribution in [0.15, 0.2) is 35.2 Å². The van der Waals surface area contributed by atoms with E-state index in [0.717, 1.165) is 18.8 Å². The van der Waals surface area contributed by atoms with Crippen molar-refractivity contribution in [2.45, 2.75) is 19.1 Å². The topological polar surface area (TPSA) is 80.5 Å². The van der Waals surface area contributed by atoms with Gasteiger partial charge < -0.3 is 19.4 Å². The smallest absolute Gasteiger partial charge is 0.225 e. The number of furan rings is 1. The number of ether oxygens (including phenoxy) is 1. The molecule has 132 valence electrons. The van der Waals surface area contributed by atoms with E-state index >= 15 is 0 Å². The number of amides is 1. The standard InChI is InChI=1S/C17H19FN4O3/c18-11-6-20-17(21-7-11)22-9-14(13-3-5-25-15(13)10-22)16(23)19-8-12-2-1-4-24-12/h1-2,4,6-7,13-15H,3,5,8-10H2,(H,19,23)/t13-,14+,15+/m0/s1. The van der Waals surface area contributed by atoms with Crippen LogP contribution >= 0.6 is 0 Å². The summed E-state index contributed by atoms with van der Waals surface area (Å²) < 4.78 is 24.1. The van der Waals surface area contributed by atoms with Crippen molar-refractivity contribution in [3.63, 3.8) is 0 Å².